The Morgan fingerprint density at radius 2 is 1.67 bits per heavy atom. The van der Waals surface area contributed by atoms with Crippen LogP contribution in [0.25, 0.3) is 0 Å². The van der Waals surface area contributed by atoms with Gasteiger partial charge in [0.2, 0.25) is 0 Å². The zero-order chi connectivity index (χ0) is 18.5. The first kappa shape index (κ1) is 17.7. The van der Waals surface area contributed by atoms with Gasteiger partial charge in [-0.2, -0.15) is 0 Å². The zero-order valence-corrected chi connectivity index (χ0v) is 15.3. The molecule has 1 saturated heterocycles. The predicted molar refractivity (Wildman–Crippen MR) is 103 cm³/mol. The number of morpholine rings is 1. The average molecular weight is 368 g/mol. The van der Waals surface area contributed by atoms with Crippen molar-refractivity contribution in [2.45, 2.75) is 13.0 Å². The van der Waals surface area contributed by atoms with Crippen LogP contribution in [0.4, 0.5) is 5.69 Å². The van der Waals surface area contributed by atoms with Crippen LogP contribution < -0.4 is 19.7 Å². The standard InChI is InChI=1S/C21H24N2O4/c24-21(17-4-7-19-20(14-17)27-11-1-10-26-19)22-15-16-2-5-18(6-3-16)23-8-12-25-13-9-23/h2-7,14H,1,8-13,15H2,(H,22,24). The van der Waals surface area contributed by atoms with Gasteiger partial charge in [-0.1, -0.05) is 12.1 Å². The van der Waals surface area contributed by atoms with Crippen LogP contribution in [0.5, 0.6) is 11.5 Å². The summed E-state index contributed by atoms with van der Waals surface area (Å²) < 4.78 is 16.6. The molecule has 0 atom stereocenters. The van der Waals surface area contributed by atoms with E-state index in [0.717, 1.165) is 38.3 Å². The number of carbonyl (C=O) groups excluding carboxylic acids is 1. The van der Waals surface area contributed by atoms with Crippen molar-refractivity contribution in [3.63, 3.8) is 0 Å². The molecule has 6 nitrogen and oxygen atoms in total. The molecule has 4 rings (SSSR count). The molecule has 6 heteroatoms. The summed E-state index contributed by atoms with van der Waals surface area (Å²) in [7, 11) is 0. The van der Waals surface area contributed by atoms with Crippen LogP contribution in [-0.4, -0.2) is 45.4 Å². The zero-order valence-electron chi connectivity index (χ0n) is 15.3. The number of ether oxygens (including phenoxy) is 3. The maximum absolute atomic E-state index is 12.5. The number of fused-ring (bicyclic) bond motifs is 1. The third-order valence-electron chi connectivity index (χ3n) is 4.78. The van der Waals surface area contributed by atoms with Gasteiger partial charge in [0.05, 0.1) is 26.4 Å². The normalized spacial score (nSPS) is 16.5. The molecule has 2 aromatic rings. The molecular formula is C21H24N2O4. The molecule has 2 aliphatic heterocycles. The van der Waals surface area contributed by atoms with Crippen LogP contribution in [0.1, 0.15) is 22.3 Å². The number of anilines is 1. The molecule has 0 unspecified atom stereocenters. The van der Waals surface area contributed by atoms with E-state index in [0.29, 0.717) is 36.8 Å². The summed E-state index contributed by atoms with van der Waals surface area (Å²) >= 11 is 0. The molecule has 1 N–H and O–H groups in total. The van der Waals surface area contributed by atoms with Crippen molar-refractivity contribution in [3.8, 4) is 11.5 Å². The quantitative estimate of drug-likeness (QED) is 0.899. The fourth-order valence-electron chi connectivity index (χ4n) is 3.24. The van der Waals surface area contributed by atoms with E-state index in [2.05, 4.69) is 34.5 Å². The Kier molecular flexibility index (Phi) is 5.44. The van der Waals surface area contributed by atoms with Crippen LogP contribution in [0.15, 0.2) is 42.5 Å². The number of hydrogen-bond acceptors (Lipinski definition) is 5. The summed E-state index contributed by atoms with van der Waals surface area (Å²) in [6.07, 6.45) is 0.844. The van der Waals surface area contributed by atoms with Crippen molar-refractivity contribution in [1.82, 2.24) is 5.32 Å². The molecule has 27 heavy (non-hydrogen) atoms. The Labute approximate surface area is 159 Å². The Balaban J connectivity index is 1.35. The SMILES string of the molecule is O=C(NCc1ccc(N2CCOCC2)cc1)c1ccc2c(c1)OCCCO2. The summed E-state index contributed by atoms with van der Waals surface area (Å²) in [6, 6.07) is 13.6. The number of rotatable bonds is 4. The maximum atomic E-state index is 12.5. The van der Waals surface area contributed by atoms with Gasteiger partial charge in [0.1, 0.15) is 0 Å². The fraction of sp³-hybridized carbons (Fsp3) is 0.381. The molecular weight excluding hydrogens is 344 g/mol. The smallest absolute Gasteiger partial charge is 0.251 e. The van der Waals surface area contributed by atoms with Gasteiger partial charge in [0.25, 0.3) is 5.91 Å². The summed E-state index contributed by atoms with van der Waals surface area (Å²) in [6.45, 7) is 5.10. The van der Waals surface area contributed by atoms with Crippen molar-refractivity contribution in [2.24, 2.45) is 0 Å². The van der Waals surface area contributed by atoms with Crippen LogP contribution in [0, 0.1) is 0 Å². The third kappa shape index (κ3) is 4.34. The molecule has 1 amide bonds. The maximum Gasteiger partial charge on any atom is 0.251 e. The molecule has 0 radical (unpaired) electrons. The minimum atomic E-state index is -0.122. The van der Waals surface area contributed by atoms with Gasteiger partial charge >= 0.3 is 0 Å². The van der Waals surface area contributed by atoms with E-state index in [9.17, 15) is 4.79 Å². The summed E-state index contributed by atoms with van der Waals surface area (Å²) in [5, 5.41) is 2.97. The lowest BCUT2D eigenvalue weighted by atomic mass is 10.1. The van der Waals surface area contributed by atoms with Crippen molar-refractivity contribution in [2.75, 3.05) is 44.4 Å². The van der Waals surface area contributed by atoms with E-state index in [-0.39, 0.29) is 5.91 Å². The minimum absolute atomic E-state index is 0.122. The summed E-state index contributed by atoms with van der Waals surface area (Å²) in [5.41, 5.74) is 2.83. The molecule has 0 saturated carbocycles. The first-order chi connectivity index (χ1) is 13.3. The molecule has 0 bridgehead atoms. The van der Waals surface area contributed by atoms with E-state index in [1.165, 1.54) is 5.69 Å². The fourth-order valence-corrected chi connectivity index (χ4v) is 3.24. The van der Waals surface area contributed by atoms with Gasteiger partial charge in [0, 0.05) is 37.3 Å². The Bertz CT molecular complexity index is 785. The second kappa shape index (κ2) is 8.31. The lowest BCUT2D eigenvalue weighted by molar-refractivity contribution is 0.0950. The van der Waals surface area contributed by atoms with Gasteiger partial charge in [0.15, 0.2) is 11.5 Å². The van der Waals surface area contributed by atoms with Crippen LogP contribution >= 0.6 is 0 Å². The van der Waals surface area contributed by atoms with Crippen molar-refractivity contribution in [3.05, 3.63) is 53.6 Å². The van der Waals surface area contributed by atoms with Crippen LogP contribution in [0.3, 0.4) is 0 Å². The number of nitrogens with one attached hydrogen (secondary N) is 1. The minimum Gasteiger partial charge on any atom is -0.490 e. The van der Waals surface area contributed by atoms with Crippen molar-refractivity contribution < 1.29 is 19.0 Å². The lowest BCUT2D eigenvalue weighted by Crippen LogP contribution is -2.36. The van der Waals surface area contributed by atoms with E-state index in [1.54, 1.807) is 18.2 Å². The van der Waals surface area contributed by atoms with E-state index in [4.69, 9.17) is 14.2 Å². The largest absolute Gasteiger partial charge is 0.490 e. The van der Waals surface area contributed by atoms with E-state index in [1.807, 2.05) is 0 Å². The lowest BCUT2D eigenvalue weighted by Gasteiger charge is -2.28. The van der Waals surface area contributed by atoms with Crippen molar-refractivity contribution in [1.29, 1.82) is 0 Å². The molecule has 142 valence electrons. The second-order valence-corrected chi connectivity index (χ2v) is 6.66. The van der Waals surface area contributed by atoms with Crippen molar-refractivity contribution >= 4 is 11.6 Å². The number of hydrogen-bond donors (Lipinski definition) is 1. The van der Waals surface area contributed by atoms with Gasteiger partial charge in [-0.15, -0.1) is 0 Å². The molecule has 1 fully saturated rings. The van der Waals surface area contributed by atoms with Gasteiger partial charge in [-0.05, 0) is 35.9 Å². The predicted octanol–water partition coefficient (Wildman–Crippen LogP) is 2.61. The molecule has 2 heterocycles. The summed E-state index contributed by atoms with van der Waals surface area (Å²) in [5.74, 6) is 1.21. The first-order valence-electron chi connectivity index (χ1n) is 9.39. The highest BCUT2D eigenvalue weighted by Crippen LogP contribution is 2.30. The summed E-state index contributed by atoms with van der Waals surface area (Å²) in [4.78, 5) is 14.8. The number of carbonyl (C=O) groups is 1. The molecule has 0 spiro atoms. The number of benzene rings is 2. The topological polar surface area (TPSA) is 60.0 Å². The molecule has 2 aliphatic rings. The van der Waals surface area contributed by atoms with Gasteiger partial charge in [-0.25, -0.2) is 0 Å². The van der Waals surface area contributed by atoms with Crippen LogP contribution in [0.2, 0.25) is 0 Å². The Hall–Kier alpha value is -2.73. The molecule has 0 aliphatic carbocycles. The van der Waals surface area contributed by atoms with E-state index >= 15 is 0 Å². The average Bonchev–Trinajstić information content (AvgIpc) is 2.98. The molecule has 2 aromatic carbocycles. The van der Waals surface area contributed by atoms with Gasteiger partial charge in [-0.3, -0.25) is 4.79 Å². The Morgan fingerprint density at radius 3 is 2.44 bits per heavy atom. The monoisotopic (exact) mass is 368 g/mol. The van der Waals surface area contributed by atoms with Gasteiger partial charge < -0.3 is 24.4 Å². The number of nitrogens with zero attached hydrogens (tertiary/aromatic N) is 1. The molecule has 0 aromatic heterocycles. The first-order valence-corrected chi connectivity index (χ1v) is 9.39. The highest BCUT2D eigenvalue weighted by Gasteiger charge is 2.14. The number of amides is 1. The van der Waals surface area contributed by atoms with Crippen LogP contribution in [-0.2, 0) is 11.3 Å². The highest BCUT2D eigenvalue weighted by molar-refractivity contribution is 5.94. The highest BCUT2D eigenvalue weighted by atomic mass is 16.5. The third-order valence-corrected chi connectivity index (χ3v) is 4.78. The second-order valence-electron chi connectivity index (χ2n) is 6.66. The Morgan fingerprint density at radius 1 is 0.926 bits per heavy atom. The van der Waals surface area contributed by atoms with E-state index < -0.39 is 0 Å².